The van der Waals surface area contributed by atoms with Crippen LogP contribution in [0.1, 0.15) is 36.0 Å². The highest BCUT2D eigenvalue weighted by Gasteiger charge is 2.18. The molecule has 1 aromatic carbocycles. The fourth-order valence-electron chi connectivity index (χ4n) is 2.12. The summed E-state index contributed by atoms with van der Waals surface area (Å²) >= 11 is 0. The first-order chi connectivity index (χ1) is 9.11. The van der Waals surface area contributed by atoms with Gasteiger partial charge in [0.2, 0.25) is 0 Å². The van der Waals surface area contributed by atoms with E-state index in [1.807, 2.05) is 5.43 Å². The molecule has 104 valence electrons. The van der Waals surface area contributed by atoms with Crippen molar-refractivity contribution in [2.75, 3.05) is 12.0 Å². The summed E-state index contributed by atoms with van der Waals surface area (Å²) in [6.45, 7) is 0.531. The fraction of sp³-hybridized carbons (Fsp3) is 0.462. The Hall–Kier alpha value is -1.69. The third-order valence-electron chi connectivity index (χ3n) is 3.51. The quantitative estimate of drug-likeness (QED) is 0.567. The number of hydrazine groups is 1. The Bertz CT molecular complexity index is 452. The summed E-state index contributed by atoms with van der Waals surface area (Å²) in [6, 6.07) is 1.94. The molecule has 19 heavy (non-hydrogen) atoms. The van der Waals surface area contributed by atoms with E-state index in [1.54, 1.807) is 0 Å². The minimum Gasteiger partial charge on any atom is -0.352 e. The molecule has 1 fully saturated rings. The van der Waals surface area contributed by atoms with E-state index in [0.717, 1.165) is 18.6 Å². The zero-order valence-electron chi connectivity index (χ0n) is 10.5. The largest absolute Gasteiger partial charge is 0.352 e. The second kappa shape index (κ2) is 5.97. The van der Waals surface area contributed by atoms with Gasteiger partial charge in [0, 0.05) is 12.1 Å². The van der Waals surface area contributed by atoms with E-state index < -0.39 is 23.2 Å². The van der Waals surface area contributed by atoms with Gasteiger partial charge in [-0.2, -0.15) is 0 Å². The molecule has 1 aliphatic carbocycles. The summed E-state index contributed by atoms with van der Waals surface area (Å²) in [5.74, 6) is 3.42. The lowest BCUT2D eigenvalue weighted by molar-refractivity contribution is 0.0948. The molecule has 0 radical (unpaired) electrons. The van der Waals surface area contributed by atoms with Crippen molar-refractivity contribution in [2.45, 2.75) is 25.7 Å². The maximum atomic E-state index is 13.4. The molecule has 0 aromatic heterocycles. The second-order valence-electron chi connectivity index (χ2n) is 4.80. The van der Waals surface area contributed by atoms with Gasteiger partial charge >= 0.3 is 0 Å². The van der Waals surface area contributed by atoms with Crippen LogP contribution in [-0.2, 0) is 0 Å². The van der Waals surface area contributed by atoms with Gasteiger partial charge in [0.15, 0.2) is 11.6 Å². The summed E-state index contributed by atoms with van der Waals surface area (Å²) in [5.41, 5.74) is 1.44. The minimum atomic E-state index is -0.883. The molecule has 2 rings (SSSR count). The third-order valence-corrected chi connectivity index (χ3v) is 3.51. The molecule has 4 nitrogen and oxygen atoms in total. The van der Waals surface area contributed by atoms with Crippen molar-refractivity contribution in [1.82, 2.24) is 5.32 Å². The number of nitrogens with one attached hydrogen (secondary N) is 2. The van der Waals surface area contributed by atoms with Crippen molar-refractivity contribution in [3.63, 3.8) is 0 Å². The first kappa shape index (κ1) is 13.7. The lowest BCUT2D eigenvalue weighted by Gasteiger charge is -2.25. The van der Waals surface area contributed by atoms with Gasteiger partial charge in [0.25, 0.3) is 5.91 Å². The smallest absolute Gasteiger partial charge is 0.251 e. The molecule has 0 saturated heterocycles. The van der Waals surface area contributed by atoms with Crippen LogP contribution in [0.25, 0.3) is 0 Å². The maximum Gasteiger partial charge on any atom is 0.251 e. The zero-order chi connectivity index (χ0) is 13.8. The molecule has 4 N–H and O–H groups in total. The van der Waals surface area contributed by atoms with E-state index in [4.69, 9.17) is 5.84 Å². The molecule has 0 atom stereocenters. The lowest BCUT2D eigenvalue weighted by Crippen LogP contribution is -2.27. The first-order valence-electron chi connectivity index (χ1n) is 6.35. The van der Waals surface area contributed by atoms with E-state index in [-0.39, 0.29) is 5.56 Å². The SMILES string of the molecule is NNc1c(F)cc(C(=O)NCCC2CCC2)cc1F. The van der Waals surface area contributed by atoms with Gasteiger partial charge in [-0.05, 0) is 24.5 Å². The molecule has 1 amide bonds. The van der Waals surface area contributed by atoms with Crippen molar-refractivity contribution in [1.29, 1.82) is 0 Å². The number of nitrogens with two attached hydrogens (primary N) is 1. The Labute approximate surface area is 110 Å². The summed E-state index contributed by atoms with van der Waals surface area (Å²) in [4.78, 5) is 11.7. The van der Waals surface area contributed by atoms with Gasteiger partial charge < -0.3 is 10.7 Å². The van der Waals surface area contributed by atoms with Crippen molar-refractivity contribution in [2.24, 2.45) is 11.8 Å². The topological polar surface area (TPSA) is 67.1 Å². The van der Waals surface area contributed by atoms with Crippen LogP contribution in [0, 0.1) is 17.6 Å². The van der Waals surface area contributed by atoms with E-state index in [1.165, 1.54) is 19.3 Å². The summed E-state index contributed by atoms with van der Waals surface area (Å²) in [5, 5.41) is 2.67. The molecule has 0 bridgehead atoms. The zero-order valence-corrected chi connectivity index (χ0v) is 10.5. The molecule has 0 spiro atoms. The fourth-order valence-corrected chi connectivity index (χ4v) is 2.12. The van der Waals surface area contributed by atoms with E-state index in [0.29, 0.717) is 12.5 Å². The number of anilines is 1. The maximum absolute atomic E-state index is 13.4. The lowest BCUT2D eigenvalue weighted by atomic mass is 9.83. The van der Waals surface area contributed by atoms with Gasteiger partial charge in [-0.1, -0.05) is 19.3 Å². The number of hydrogen-bond acceptors (Lipinski definition) is 3. The van der Waals surface area contributed by atoms with Crippen LogP contribution >= 0.6 is 0 Å². The number of nitrogen functional groups attached to an aromatic ring is 1. The summed E-state index contributed by atoms with van der Waals surface area (Å²) < 4.78 is 26.8. The highest BCUT2D eigenvalue weighted by atomic mass is 19.1. The van der Waals surface area contributed by atoms with E-state index >= 15 is 0 Å². The Morgan fingerprint density at radius 1 is 1.32 bits per heavy atom. The van der Waals surface area contributed by atoms with Crippen LogP contribution in [0.5, 0.6) is 0 Å². The average molecular weight is 269 g/mol. The van der Waals surface area contributed by atoms with Crippen molar-refractivity contribution in [3.8, 4) is 0 Å². The molecular formula is C13H17F2N3O. The van der Waals surface area contributed by atoms with Gasteiger partial charge in [0.1, 0.15) is 5.69 Å². The number of benzene rings is 1. The monoisotopic (exact) mass is 269 g/mol. The number of hydrogen-bond donors (Lipinski definition) is 3. The minimum absolute atomic E-state index is 0.0393. The summed E-state index contributed by atoms with van der Waals surface area (Å²) in [7, 11) is 0. The Morgan fingerprint density at radius 3 is 2.42 bits per heavy atom. The number of halogens is 2. The number of amides is 1. The highest BCUT2D eigenvalue weighted by molar-refractivity contribution is 5.94. The van der Waals surface area contributed by atoms with Crippen LogP contribution in [0.4, 0.5) is 14.5 Å². The Morgan fingerprint density at radius 2 is 1.95 bits per heavy atom. The van der Waals surface area contributed by atoms with Crippen LogP contribution in [0.15, 0.2) is 12.1 Å². The van der Waals surface area contributed by atoms with E-state index in [9.17, 15) is 13.6 Å². The van der Waals surface area contributed by atoms with Crippen LogP contribution in [-0.4, -0.2) is 12.5 Å². The van der Waals surface area contributed by atoms with Crippen LogP contribution in [0.3, 0.4) is 0 Å². The van der Waals surface area contributed by atoms with Crippen molar-refractivity contribution in [3.05, 3.63) is 29.3 Å². The number of carbonyl (C=O) groups excluding carboxylic acids is 1. The van der Waals surface area contributed by atoms with Gasteiger partial charge in [-0.3, -0.25) is 10.6 Å². The third kappa shape index (κ3) is 3.20. The standard InChI is InChI=1S/C13H17F2N3O/c14-10-6-9(7-11(15)12(10)18-16)13(19)17-5-4-8-2-1-3-8/h6-8,18H,1-5,16H2,(H,17,19). The molecule has 6 heteroatoms. The predicted molar refractivity (Wildman–Crippen MR) is 68.5 cm³/mol. The molecule has 0 aliphatic heterocycles. The van der Waals surface area contributed by atoms with Crippen molar-refractivity contribution >= 4 is 11.6 Å². The van der Waals surface area contributed by atoms with Crippen LogP contribution < -0.4 is 16.6 Å². The molecule has 0 unspecified atom stereocenters. The normalized spacial score (nSPS) is 14.9. The van der Waals surface area contributed by atoms with Gasteiger partial charge in [0.05, 0.1) is 0 Å². The Balaban J connectivity index is 1.94. The van der Waals surface area contributed by atoms with Crippen LogP contribution in [0.2, 0.25) is 0 Å². The van der Waals surface area contributed by atoms with Gasteiger partial charge in [-0.25, -0.2) is 8.78 Å². The van der Waals surface area contributed by atoms with Crippen molar-refractivity contribution < 1.29 is 13.6 Å². The number of carbonyl (C=O) groups is 1. The van der Waals surface area contributed by atoms with E-state index in [2.05, 4.69) is 5.32 Å². The Kier molecular flexibility index (Phi) is 4.31. The molecule has 1 aliphatic rings. The average Bonchev–Trinajstić information content (AvgIpc) is 2.31. The predicted octanol–water partition coefficient (Wildman–Crippen LogP) is 2.17. The molecule has 1 saturated carbocycles. The summed E-state index contributed by atoms with van der Waals surface area (Å²) in [6.07, 6.45) is 4.58. The molecular weight excluding hydrogens is 252 g/mol. The first-order valence-corrected chi connectivity index (χ1v) is 6.35. The highest BCUT2D eigenvalue weighted by Crippen LogP contribution is 2.28. The van der Waals surface area contributed by atoms with Gasteiger partial charge in [-0.15, -0.1) is 0 Å². The molecule has 1 aromatic rings. The second-order valence-corrected chi connectivity index (χ2v) is 4.80. The molecule has 0 heterocycles. The number of rotatable bonds is 5.